The van der Waals surface area contributed by atoms with Gasteiger partial charge in [-0.3, -0.25) is 4.79 Å². The average molecular weight is 372 g/mol. The van der Waals surface area contributed by atoms with Gasteiger partial charge >= 0.3 is 6.09 Å². The number of carbonyl (C=O) groups is 2. The number of nitrogens with zero attached hydrogens (tertiary/aromatic N) is 1. The summed E-state index contributed by atoms with van der Waals surface area (Å²) >= 11 is 0. The van der Waals surface area contributed by atoms with E-state index in [-0.39, 0.29) is 29.9 Å². The molecule has 2 atom stereocenters. The minimum absolute atomic E-state index is 0.0102. The summed E-state index contributed by atoms with van der Waals surface area (Å²) in [5.74, 6) is 0.245. The van der Waals surface area contributed by atoms with Crippen LogP contribution < -0.4 is 0 Å². The van der Waals surface area contributed by atoms with Crippen molar-refractivity contribution in [2.45, 2.75) is 90.3 Å². The molecule has 4 heteroatoms. The van der Waals surface area contributed by atoms with Crippen LogP contribution in [-0.2, 0) is 11.2 Å². The van der Waals surface area contributed by atoms with Crippen LogP contribution in [0, 0.1) is 5.92 Å². The Labute approximate surface area is 163 Å². The van der Waals surface area contributed by atoms with Crippen molar-refractivity contribution in [2.24, 2.45) is 5.92 Å². The van der Waals surface area contributed by atoms with E-state index in [1.165, 1.54) is 5.56 Å². The first kappa shape index (κ1) is 19.9. The fourth-order valence-corrected chi connectivity index (χ4v) is 4.57. The van der Waals surface area contributed by atoms with Gasteiger partial charge in [0.2, 0.25) is 0 Å². The van der Waals surface area contributed by atoms with Crippen molar-refractivity contribution < 1.29 is 14.3 Å². The number of ketones is 1. The highest BCUT2D eigenvalue weighted by Crippen LogP contribution is 2.39. The SMILES string of the molecule is CCCc1ccc(C(=O)C2CC3CCCC(C2)N3C(=O)OC(C)(C)C)cc1. The minimum atomic E-state index is -0.488. The quantitative estimate of drug-likeness (QED) is 0.667. The molecule has 4 nitrogen and oxygen atoms in total. The number of piperidine rings is 2. The van der Waals surface area contributed by atoms with Crippen LogP contribution in [0.1, 0.15) is 82.1 Å². The fraction of sp³-hybridized carbons (Fsp3) is 0.652. The van der Waals surface area contributed by atoms with Crippen molar-refractivity contribution in [2.75, 3.05) is 0 Å². The molecule has 2 aliphatic heterocycles. The van der Waals surface area contributed by atoms with Crippen molar-refractivity contribution in [3.05, 3.63) is 35.4 Å². The summed E-state index contributed by atoms with van der Waals surface area (Å²) < 4.78 is 5.63. The molecule has 3 rings (SSSR count). The first-order chi connectivity index (χ1) is 12.8. The Hall–Kier alpha value is -1.84. The Morgan fingerprint density at radius 3 is 2.19 bits per heavy atom. The molecule has 0 radical (unpaired) electrons. The van der Waals surface area contributed by atoms with Crippen LogP contribution in [0.2, 0.25) is 0 Å². The lowest BCUT2D eigenvalue weighted by Crippen LogP contribution is -2.56. The third-order valence-electron chi connectivity index (χ3n) is 5.73. The number of rotatable bonds is 4. The molecule has 2 heterocycles. The van der Waals surface area contributed by atoms with Gasteiger partial charge in [0.25, 0.3) is 0 Å². The molecule has 0 spiro atoms. The van der Waals surface area contributed by atoms with Crippen molar-refractivity contribution in [3.8, 4) is 0 Å². The van der Waals surface area contributed by atoms with Crippen LogP contribution in [0.4, 0.5) is 4.79 Å². The van der Waals surface area contributed by atoms with E-state index < -0.39 is 5.60 Å². The number of Topliss-reactive ketones (excluding diaryl/α,β-unsaturated/α-hetero) is 1. The van der Waals surface area contributed by atoms with Crippen molar-refractivity contribution >= 4 is 11.9 Å². The maximum Gasteiger partial charge on any atom is 0.410 e. The zero-order chi connectivity index (χ0) is 19.6. The van der Waals surface area contributed by atoms with Gasteiger partial charge in [-0.15, -0.1) is 0 Å². The summed E-state index contributed by atoms with van der Waals surface area (Å²) in [7, 11) is 0. The third kappa shape index (κ3) is 4.72. The van der Waals surface area contributed by atoms with E-state index in [9.17, 15) is 9.59 Å². The first-order valence-electron chi connectivity index (χ1n) is 10.4. The van der Waals surface area contributed by atoms with Gasteiger partial charge in [-0.2, -0.15) is 0 Å². The summed E-state index contributed by atoms with van der Waals surface area (Å²) in [4.78, 5) is 27.7. The molecule has 2 saturated heterocycles. The lowest BCUT2D eigenvalue weighted by molar-refractivity contribution is -0.0260. The van der Waals surface area contributed by atoms with Crippen LogP contribution in [0.3, 0.4) is 0 Å². The zero-order valence-electron chi connectivity index (χ0n) is 17.2. The largest absolute Gasteiger partial charge is 0.444 e. The van der Waals surface area contributed by atoms with E-state index >= 15 is 0 Å². The number of amides is 1. The normalized spacial score (nSPS) is 25.2. The molecule has 1 amide bonds. The Kier molecular flexibility index (Phi) is 5.92. The maximum atomic E-state index is 13.1. The molecule has 2 unspecified atom stereocenters. The van der Waals surface area contributed by atoms with Gasteiger partial charge < -0.3 is 9.64 Å². The average Bonchev–Trinajstić information content (AvgIpc) is 2.59. The second-order valence-corrected chi connectivity index (χ2v) is 9.11. The van der Waals surface area contributed by atoms with E-state index in [2.05, 4.69) is 19.1 Å². The number of aryl methyl sites for hydroxylation is 1. The van der Waals surface area contributed by atoms with E-state index in [4.69, 9.17) is 4.74 Å². The van der Waals surface area contributed by atoms with Gasteiger partial charge in [-0.1, -0.05) is 37.6 Å². The highest BCUT2D eigenvalue weighted by Gasteiger charge is 2.44. The summed E-state index contributed by atoms with van der Waals surface area (Å²) in [5, 5.41) is 0. The highest BCUT2D eigenvalue weighted by molar-refractivity contribution is 5.98. The van der Waals surface area contributed by atoms with E-state index in [1.807, 2.05) is 37.8 Å². The van der Waals surface area contributed by atoms with Crippen molar-refractivity contribution in [1.82, 2.24) is 4.90 Å². The Morgan fingerprint density at radius 1 is 1.07 bits per heavy atom. The molecule has 0 saturated carbocycles. The number of ether oxygens (including phenoxy) is 1. The predicted molar refractivity (Wildman–Crippen MR) is 107 cm³/mol. The molecule has 0 aromatic heterocycles. The molecule has 2 aliphatic rings. The second-order valence-electron chi connectivity index (χ2n) is 9.11. The standard InChI is InChI=1S/C23H33NO3/c1-5-7-16-10-12-17(13-11-16)21(25)18-14-19-8-6-9-20(15-18)24(19)22(26)27-23(2,3)4/h10-13,18-20H,5-9,14-15H2,1-4H3. The lowest BCUT2D eigenvalue weighted by atomic mass is 9.76. The fourth-order valence-electron chi connectivity index (χ4n) is 4.57. The third-order valence-corrected chi connectivity index (χ3v) is 5.73. The molecule has 1 aromatic carbocycles. The van der Waals surface area contributed by atoms with Crippen molar-refractivity contribution in [3.63, 3.8) is 0 Å². The molecule has 1 aromatic rings. The van der Waals surface area contributed by atoms with Crippen molar-refractivity contribution in [1.29, 1.82) is 0 Å². The van der Waals surface area contributed by atoms with Crippen LogP contribution in [-0.4, -0.2) is 34.5 Å². The molecule has 2 fully saturated rings. The topological polar surface area (TPSA) is 46.6 Å². The molecule has 0 N–H and O–H groups in total. The number of fused-ring (bicyclic) bond motifs is 2. The molecular weight excluding hydrogens is 338 g/mol. The van der Waals surface area contributed by atoms with E-state index in [0.29, 0.717) is 0 Å². The smallest absolute Gasteiger partial charge is 0.410 e. The van der Waals surface area contributed by atoms with Crippen LogP contribution in [0.25, 0.3) is 0 Å². The number of benzene rings is 1. The monoisotopic (exact) mass is 371 g/mol. The Bertz CT molecular complexity index is 660. The molecule has 148 valence electrons. The van der Waals surface area contributed by atoms with Gasteiger partial charge in [0, 0.05) is 23.6 Å². The summed E-state index contributed by atoms with van der Waals surface area (Å²) in [6.45, 7) is 7.87. The molecular formula is C23H33NO3. The molecule has 2 bridgehead atoms. The van der Waals surface area contributed by atoms with Crippen LogP contribution >= 0.6 is 0 Å². The minimum Gasteiger partial charge on any atom is -0.444 e. The second kappa shape index (κ2) is 8.04. The van der Waals surface area contributed by atoms with Gasteiger partial charge in [0.1, 0.15) is 5.60 Å². The van der Waals surface area contributed by atoms with Crippen LogP contribution in [0.15, 0.2) is 24.3 Å². The van der Waals surface area contributed by atoms with Gasteiger partial charge in [0.05, 0.1) is 0 Å². The molecule has 27 heavy (non-hydrogen) atoms. The summed E-state index contributed by atoms with van der Waals surface area (Å²) in [6, 6.07) is 8.36. The summed E-state index contributed by atoms with van der Waals surface area (Å²) in [5.41, 5.74) is 1.60. The molecule has 0 aliphatic carbocycles. The van der Waals surface area contributed by atoms with Crippen LogP contribution in [0.5, 0.6) is 0 Å². The Balaban J connectivity index is 1.70. The predicted octanol–water partition coefficient (Wildman–Crippen LogP) is 5.39. The Morgan fingerprint density at radius 2 is 1.67 bits per heavy atom. The number of hydrogen-bond donors (Lipinski definition) is 0. The zero-order valence-corrected chi connectivity index (χ0v) is 17.2. The van der Waals surface area contributed by atoms with E-state index in [0.717, 1.165) is 50.5 Å². The highest BCUT2D eigenvalue weighted by atomic mass is 16.6. The first-order valence-corrected chi connectivity index (χ1v) is 10.4. The van der Waals surface area contributed by atoms with Gasteiger partial charge in [0.15, 0.2) is 5.78 Å². The van der Waals surface area contributed by atoms with Gasteiger partial charge in [-0.25, -0.2) is 4.79 Å². The van der Waals surface area contributed by atoms with E-state index in [1.54, 1.807) is 0 Å². The lowest BCUT2D eigenvalue weighted by Gasteiger charge is -2.48. The maximum absolute atomic E-state index is 13.1. The number of carbonyl (C=O) groups excluding carboxylic acids is 2. The summed E-state index contributed by atoms with van der Waals surface area (Å²) in [6.07, 6.45) is 6.51. The van der Waals surface area contributed by atoms with Gasteiger partial charge in [-0.05, 0) is 64.9 Å². The number of hydrogen-bond acceptors (Lipinski definition) is 3.